The average Bonchev–Trinajstić information content (AvgIpc) is 3.03. The minimum Gasteiger partial charge on any atom is -0.375 e. The van der Waals surface area contributed by atoms with Crippen LogP contribution in [0.4, 0.5) is 32.0 Å². The molecular weight excluding hydrogens is 462 g/mol. The van der Waals surface area contributed by atoms with E-state index in [1.54, 1.807) is 0 Å². The van der Waals surface area contributed by atoms with Crippen LogP contribution in [0.3, 0.4) is 0 Å². The predicted molar refractivity (Wildman–Crippen MR) is 97.1 cm³/mol. The van der Waals surface area contributed by atoms with Gasteiger partial charge in [-0.3, -0.25) is 4.79 Å². The van der Waals surface area contributed by atoms with Gasteiger partial charge in [-0.15, -0.1) is 0 Å². The molecule has 2 heterocycles. The second-order valence-electron chi connectivity index (χ2n) is 6.66. The fourth-order valence-corrected chi connectivity index (χ4v) is 7.14. The molecule has 1 aromatic carbocycles. The zero-order valence-corrected chi connectivity index (χ0v) is 16.8. The van der Waals surface area contributed by atoms with Crippen LogP contribution in [0.5, 0.6) is 0 Å². The van der Waals surface area contributed by atoms with E-state index < -0.39 is 68.6 Å². The number of hydrogen-bond donors (Lipinski definition) is 0. The highest BCUT2D eigenvalue weighted by Crippen LogP contribution is 2.44. The van der Waals surface area contributed by atoms with Crippen molar-refractivity contribution in [3.8, 4) is 0 Å². The van der Waals surface area contributed by atoms with Gasteiger partial charge in [0.05, 0.1) is 28.7 Å². The lowest BCUT2D eigenvalue weighted by Gasteiger charge is -2.26. The van der Waals surface area contributed by atoms with Gasteiger partial charge < -0.3 is 9.64 Å². The third kappa shape index (κ3) is 4.75. The predicted octanol–water partition coefficient (Wildman–Crippen LogP) is 2.97. The second kappa shape index (κ2) is 7.71. The number of benzene rings is 1. The smallest absolute Gasteiger partial charge is 0.375 e. The van der Waals surface area contributed by atoms with E-state index in [1.807, 2.05) is 0 Å². The van der Waals surface area contributed by atoms with Crippen molar-refractivity contribution in [1.29, 1.82) is 0 Å². The number of fused-ring (bicyclic) bond motifs is 1. The number of amidine groups is 1. The molecule has 2 fully saturated rings. The number of rotatable bonds is 3. The summed E-state index contributed by atoms with van der Waals surface area (Å²) < 4.78 is 108. The van der Waals surface area contributed by atoms with Crippen LogP contribution in [-0.2, 0) is 31.7 Å². The Hall–Kier alpha value is -1.80. The maximum atomic E-state index is 13.2. The topological polar surface area (TPSA) is 76.0 Å². The monoisotopic (exact) mass is 476 g/mol. The molecule has 2 atom stereocenters. The van der Waals surface area contributed by atoms with Crippen LogP contribution >= 0.6 is 11.8 Å². The summed E-state index contributed by atoms with van der Waals surface area (Å²) in [5.74, 6) is -1.63. The standard InChI is InChI=1S/C16H14F6N2O4S2/c1-28-5-13(25)23-14-24(11-6-30(26,27)7-12(11)29-14)10-3-8(15(17,18)19)2-9(4-10)16(20,21)22/h2-4,11-12H,5-7H2,1H3/t11-,12+/m1/s1. The minimum atomic E-state index is -5.08. The van der Waals surface area contributed by atoms with E-state index in [1.165, 1.54) is 7.11 Å². The van der Waals surface area contributed by atoms with Gasteiger partial charge in [0.15, 0.2) is 15.0 Å². The fourth-order valence-electron chi connectivity index (χ4n) is 3.21. The summed E-state index contributed by atoms with van der Waals surface area (Å²) in [6.07, 6.45) is -10.2. The van der Waals surface area contributed by atoms with Gasteiger partial charge in [0.25, 0.3) is 5.91 Å². The summed E-state index contributed by atoms with van der Waals surface area (Å²) in [4.78, 5) is 16.5. The van der Waals surface area contributed by atoms with Crippen molar-refractivity contribution in [3.63, 3.8) is 0 Å². The zero-order valence-electron chi connectivity index (χ0n) is 15.1. The number of methoxy groups -OCH3 is 1. The molecule has 0 unspecified atom stereocenters. The molecule has 1 aromatic rings. The fraction of sp³-hybridized carbons (Fsp3) is 0.500. The number of halogens is 6. The van der Waals surface area contributed by atoms with E-state index in [-0.39, 0.29) is 17.0 Å². The quantitative estimate of drug-likeness (QED) is 0.625. The first kappa shape index (κ1) is 22.9. The molecule has 2 aliphatic rings. The summed E-state index contributed by atoms with van der Waals surface area (Å²) >= 11 is 0.825. The van der Waals surface area contributed by atoms with Crippen molar-refractivity contribution < 1.29 is 44.3 Å². The van der Waals surface area contributed by atoms with Crippen molar-refractivity contribution in [2.45, 2.75) is 23.6 Å². The van der Waals surface area contributed by atoms with Gasteiger partial charge in [0, 0.05) is 18.0 Å². The number of alkyl halides is 6. The molecule has 166 valence electrons. The van der Waals surface area contributed by atoms with E-state index in [4.69, 9.17) is 0 Å². The van der Waals surface area contributed by atoms with E-state index in [0.29, 0.717) is 12.1 Å². The Morgan fingerprint density at radius 3 is 2.20 bits per heavy atom. The molecule has 0 aromatic heterocycles. The highest BCUT2D eigenvalue weighted by atomic mass is 32.2. The van der Waals surface area contributed by atoms with Gasteiger partial charge in [-0.1, -0.05) is 11.8 Å². The number of aliphatic imine (C=N–C) groups is 1. The Morgan fingerprint density at radius 2 is 1.70 bits per heavy atom. The number of amides is 1. The molecule has 0 N–H and O–H groups in total. The zero-order chi connectivity index (χ0) is 22.5. The maximum Gasteiger partial charge on any atom is 0.416 e. The summed E-state index contributed by atoms with van der Waals surface area (Å²) in [6, 6.07) is -0.0138. The van der Waals surface area contributed by atoms with E-state index in [9.17, 15) is 39.6 Å². The molecule has 0 aliphatic carbocycles. The Balaban J connectivity index is 2.16. The first-order valence-corrected chi connectivity index (χ1v) is 11.0. The summed E-state index contributed by atoms with van der Waals surface area (Å²) in [5.41, 5.74) is -3.65. The van der Waals surface area contributed by atoms with Crippen LogP contribution in [0.25, 0.3) is 0 Å². The molecule has 14 heteroatoms. The molecule has 0 bridgehead atoms. The van der Waals surface area contributed by atoms with E-state index in [0.717, 1.165) is 16.7 Å². The molecule has 0 saturated carbocycles. The molecule has 6 nitrogen and oxygen atoms in total. The van der Waals surface area contributed by atoms with Crippen molar-refractivity contribution in [1.82, 2.24) is 0 Å². The van der Waals surface area contributed by atoms with E-state index >= 15 is 0 Å². The number of sulfone groups is 1. The third-order valence-electron chi connectivity index (χ3n) is 4.41. The highest BCUT2D eigenvalue weighted by molar-refractivity contribution is 8.16. The van der Waals surface area contributed by atoms with Crippen LogP contribution in [0, 0.1) is 0 Å². The maximum absolute atomic E-state index is 13.2. The molecule has 2 aliphatic heterocycles. The van der Waals surface area contributed by atoms with Crippen molar-refractivity contribution in [2.24, 2.45) is 4.99 Å². The average molecular weight is 476 g/mol. The lowest BCUT2D eigenvalue weighted by Crippen LogP contribution is -2.38. The van der Waals surface area contributed by atoms with Crippen LogP contribution < -0.4 is 4.90 Å². The number of anilines is 1. The molecule has 1 amide bonds. The molecule has 0 spiro atoms. The van der Waals surface area contributed by atoms with Gasteiger partial charge >= 0.3 is 12.4 Å². The first-order chi connectivity index (χ1) is 13.7. The highest BCUT2D eigenvalue weighted by Gasteiger charge is 2.50. The van der Waals surface area contributed by atoms with Gasteiger partial charge in [0.2, 0.25) is 0 Å². The number of ether oxygens (including phenoxy) is 1. The van der Waals surface area contributed by atoms with Crippen molar-refractivity contribution in [3.05, 3.63) is 29.3 Å². The van der Waals surface area contributed by atoms with Crippen LogP contribution in [0.15, 0.2) is 23.2 Å². The van der Waals surface area contributed by atoms with Gasteiger partial charge in [-0.2, -0.15) is 31.3 Å². The largest absolute Gasteiger partial charge is 0.416 e. The summed E-state index contributed by atoms with van der Waals surface area (Å²) in [5, 5.41) is -0.859. The van der Waals surface area contributed by atoms with Crippen LogP contribution in [0.1, 0.15) is 11.1 Å². The number of carbonyl (C=O) groups is 1. The molecular formula is C16H14F6N2O4S2. The van der Waals surface area contributed by atoms with Crippen LogP contribution in [0.2, 0.25) is 0 Å². The van der Waals surface area contributed by atoms with Gasteiger partial charge in [0.1, 0.15) is 6.61 Å². The van der Waals surface area contributed by atoms with Crippen molar-refractivity contribution >= 4 is 38.4 Å². The van der Waals surface area contributed by atoms with Crippen LogP contribution in [-0.4, -0.2) is 56.0 Å². The SMILES string of the molecule is COCC(=O)N=C1S[C@H]2CS(=O)(=O)C[C@H]2N1c1cc(C(F)(F)F)cc(C(F)(F)F)c1. The Labute approximate surface area is 171 Å². The normalized spacial score (nSPS) is 25.0. The number of thioether (sulfide) groups is 1. The number of carbonyl (C=O) groups excluding carboxylic acids is 1. The third-order valence-corrected chi connectivity index (χ3v) is 7.62. The lowest BCUT2D eigenvalue weighted by molar-refractivity contribution is -0.143. The first-order valence-electron chi connectivity index (χ1n) is 8.27. The molecule has 3 rings (SSSR count). The van der Waals surface area contributed by atoms with Crippen molar-refractivity contribution in [2.75, 3.05) is 30.1 Å². The number of hydrogen-bond acceptors (Lipinski definition) is 5. The summed E-state index contributed by atoms with van der Waals surface area (Å²) in [7, 11) is -2.35. The second-order valence-corrected chi connectivity index (χ2v) is 10.0. The lowest BCUT2D eigenvalue weighted by atomic mass is 10.1. The van der Waals surface area contributed by atoms with Gasteiger partial charge in [-0.05, 0) is 18.2 Å². The Bertz CT molecular complexity index is 958. The molecule has 0 radical (unpaired) electrons. The van der Waals surface area contributed by atoms with E-state index in [2.05, 4.69) is 9.73 Å². The number of nitrogens with zero attached hydrogens (tertiary/aromatic N) is 2. The molecule has 30 heavy (non-hydrogen) atoms. The Kier molecular flexibility index (Phi) is 5.88. The molecule has 2 saturated heterocycles. The van der Waals surface area contributed by atoms with Gasteiger partial charge in [-0.25, -0.2) is 8.42 Å². The Morgan fingerprint density at radius 1 is 1.13 bits per heavy atom. The minimum absolute atomic E-state index is 0.0253. The summed E-state index contributed by atoms with van der Waals surface area (Å²) in [6.45, 7) is -0.456.